The van der Waals surface area contributed by atoms with Crippen LogP contribution in [0, 0.1) is 0 Å². The van der Waals surface area contributed by atoms with Crippen LogP contribution in [0.3, 0.4) is 0 Å². The van der Waals surface area contributed by atoms with Gasteiger partial charge in [0.1, 0.15) is 5.75 Å². The van der Waals surface area contributed by atoms with Crippen molar-refractivity contribution in [2.45, 2.75) is 12.5 Å². The van der Waals surface area contributed by atoms with Crippen LogP contribution in [0.25, 0.3) is 11.4 Å². The van der Waals surface area contributed by atoms with Gasteiger partial charge >= 0.3 is 0 Å². The Labute approximate surface area is 119 Å². The average Bonchev–Trinajstić information content (AvgIpc) is 3.11. The lowest BCUT2D eigenvalue weighted by Gasteiger charge is -2.06. The van der Waals surface area contributed by atoms with E-state index in [1.54, 1.807) is 23.5 Å². The zero-order valence-electron chi connectivity index (χ0n) is 10.6. The molecule has 20 heavy (non-hydrogen) atoms. The fourth-order valence-corrected chi connectivity index (χ4v) is 2.50. The number of thiophene rings is 1. The third kappa shape index (κ3) is 2.71. The highest BCUT2D eigenvalue weighted by atomic mass is 32.1. The van der Waals surface area contributed by atoms with E-state index in [0.29, 0.717) is 18.1 Å². The minimum Gasteiger partial charge on any atom is -0.508 e. The molecular formula is C14H13N3O2S. The van der Waals surface area contributed by atoms with E-state index in [9.17, 15) is 5.11 Å². The topological polar surface area (TPSA) is 85.2 Å². The molecule has 6 heteroatoms. The van der Waals surface area contributed by atoms with Gasteiger partial charge in [-0.25, -0.2) is 0 Å². The van der Waals surface area contributed by atoms with Crippen molar-refractivity contribution in [2.24, 2.45) is 5.73 Å². The number of rotatable bonds is 4. The number of nitrogens with zero attached hydrogens (tertiary/aromatic N) is 2. The Morgan fingerprint density at radius 2 is 2.05 bits per heavy atom. The maximum Gasteiger partial charge on any atom is 0.244 e. The van der Waals surface area contributed by atoms with Crippen molar-refractivity contribution in [3.05, 3.63) is 52.5 Å². The lowest BCUT2D eigenvalue weighted by atomic mass is 10.1. The number of aromatic nitrogens is 2. The lowest BCUT2D eigenvalue weighted by molar-refractivity contribution is 0.354. The number of nitrogens with two attached hydrogens (primary N) is 1. The summed E-state index contributed by atoms with van der Waals surface area (Å²) in [5.74, 6) is 1.21. The molecule has 1 aromatic carbocycles. The number of hydrogen-bond donors (Lipinski definition) is 2. The lowest BCUT2D eigenvalue weighted by Crippen LogP contribution is -2.13. The van der Waals surface area contributed by atoms with Crippen molar-refractivity contribution >= 4 is 11.3 Å². The van der Waals surface area contributed by atoms with Gasteiger partial charge in [0.2, 0.25) is 11.7 Å². The number of benzene rings is 1. The molecule has 3 aromatic rings. The van der Waals surface area contributed by atoms with E-state index < -0.39 is 0 Å². The summed E-state index contributed by atoms with van der Waals surface area (Å²) in [6, 6.07) is 8.49. The second-order valence-electron chi connectivity index (χ2n) is 4.45. The molecule has 0 saturated carbocycles. The van der Waals surface area contributed by atoms with Crippen LogP contribution in [-0.4, -0.2) is 15.2 Å². The van der Waals surface area contributed by atoms with Gasteiger partial charge in [0.05, 0.1) is 6.04 Å². The van der Waals surface area contributed by atoms with Crippen LogP contribution in [0.1, 0.15) is 17.5 Å². The van der Waals surface area contributed by atoms with Gasteiger partial charge in [0, 0.05) is 10.9 Å². The molecule has 0 aliphatic rings. The normalized spacial score (nSPS) is 12.4. The first-order valence-electron chi connectivity index (χ1n) is 6.12. The SMILES string of the molecule is N[C@@H](Cc1ccc(O)cc1)c1nc(-c2ccsc2)no1. The minimum absolute atomic E-state index is 0.236. The van der Waals surface area contributed by atoms with Gasteiger partial charge in [0.25, 0.3) is 0 Å². The van der Waals surface area contributed by atoms with Crippen molar-refractivity contribution in [3.8, 4) is 17.1 Å². The second kappa shape index (κ2) is 5.44. The van der Waals surface area contributed by atoms with Gasteiger partial charge < -0.3 is 15.4 Å². The molecule has 0 bridgehead atoms. The largest absolute Gasteiger partial charge is 0.508 e. The van der Waals surface area contributed by atoms with Gasteiger partial charge in [0.15, 0.2) is 0 Å². The number of aromatic hydroxyl groups is 1. The quantitative estimate of drug-likeness (QED) is 0.770. The Bertz CT molecular complexity index is 677. The summed E-state index contributed by atoms with van der Waals surface area (Å²) in [5, 5.41) is 17.1. The van der Waals surface area contributed by atoms with Gasteiger partial charge in [-0.2, -0.15) is 16.3 Å². The summed E-state index contributed by atoms with van der Waals surface area (Å²) in [5.41, 5.74) is 8.01. The van der Waals surface area contributed by atoms with E-state index in [-0.39, 0.29) is 11.8 Å². The van der Waals surface area contributed by atoms with Crippen molar-refractivity contribution in [2.75, 3.05) is 0 Å². The predicted octanol–water partition coefficient (Wildman–Crippen LogP) is 2.75. The molecule has 0 spiro atoms. The maximum absolute atomic E-state index is 9.25. The molecule has 0 radical (unpaired) electrons. The summed E-state index contributed by atoms with van der Waals surface area (Å²) >= 11 is 1.58. The van der Waals surface area contributed by atoms with Crippen LogP contribution in [0.2, 0.25) is 0 Å². The van der Waals surface area contributed by atoms with Gasteiger partial charge in [-0.15, -0.1) is 0 Å². The Hall–Kier alpha value is -2.18. The first-order valence-corrected chi connectivity index (χ1v) is 7.06. The molecule has 2 heterocycles. The molecule has 0 unspecified atom stereocenters. The van der Waals surface area contributed by atoms with Crippen LogP contribution in [-0.2, 0) is 6.42 Å². The molecule has 0 aliphatic heterocycles. The van der Waals surface area contributed by atoms with Crippen LogP contribution < -0.4 is 5.73 Å². The Morgan fingerprint density at radius 3 is 2.75 bits per heavy atom. The minimum atomic E-state index is -0.362. The molecule has 5 nitrogen and oxygen atoms in total. The van der Waals surface area contributed by atoms with E-state index >= 15 is 0 Å². The summed E-state index contributed by atoms with van der Waals surface area (Å²) in [6.45, 7) is 0. The van der Waals surface area contributed by atoms with Crippen LogP contribution in [0.4, 0.5) is 0 Å². The molecule has 1 atom stereocenters. The maximum atomic E-state index is 9.25. The zero-order valence-corrected chi connectivity index (χ0v) is 11.4. The Morgan fingerprint density at radius 1 is 1.25 bits per heavy atom. The first-order chi connectivity index (χ1) is 9.72. The van der Waals surface area contributed by atoms with Crippen LogP contribution >= 0.6 is 11.3 Å². The van der Waals surface area contributed by atoms with Gasteiger partial charge in [-0.3, -0.25) is 0 Å². The van der Waals surface area contributed by atoms with E-state index in [1.165, 1.54) is 0 Å². The van der Waals surface area contributed by atoms with Crippen molar-refractivity contribution in [1.82, 2.24) is 10.1 Å². The molecule has 3 rings (SSSR count). The van der Waals surface area contributed by atoms with E-state index in [0.717, 1.165) is 11.1 Å². The standard InChI is InChI=1S/C14H13N3O2S/c15-12(7-9-1-3-11(18)4-2-9)14-16-13(17-19-14)10-5-6-20-8-10/h1-6,8,12,18H,7,15H2/t12-/m0/s1. The van der Waals surface area contributed by atoms with E-state index in [1.807, 2.05) is 29.0 Å². The predicted molar refractivity (Wildman–Crippen MR) is 76.4 cm³/mol. The Kier molecular flexibility index (Phi) is 3.49. The highest BCUT2D eigenvalue weighted by Crippen LogP contribution is 2.22. The Balaban J connectivity index is 1.74. The molecule has 102 valence electrons. The first kappa shape index (κ1) is 12.8. The van der Waals surface area contributed by atoms with Crippen molar-refractivity contribution in [1.29, 1.82) is 0 Å². The van der Waals surface area contributed by atoms with Crippen LogP contribution in [0.5, 0.6) is 5.75 Å². The highest BCUT2D eigenvalue weighted by Gasteiger charge is 2.16. The molecule has 0 saturated heterocycles. The molecule has 0 fully saturated rings. The molecule has 2 aromatic heterocycles. The van der Waals surface area contributed by atoms with E-state index in [4.69, 9.17) is 10.3 Å². The summed E-state index contributed by atoms with van der Waals surface area (Å²) < 4.78 is 5.22. The van der Waals surface area contributed by atoms with E-state index in [2.05, 4.69) is 10.1 Å². The number of phenolic OH excluding ortho intramolecular Hbond substituents is 1. The molecule has 3 N–H and O–H groups in total. The molecular weight excluding hydrogens is 274 g/mol. The summed E-state index contributed by atoms with van der Waals surface area (Å²) in [7, 11) is 0. The van der Waals surface area contributed by atoms with Gasteiger partial charge in [-0.1, -0.05) is 17.3 Å². The van der Waals surface area contributed by atoms with Crippen molar-refractivity contribution in [3.63, 3.8) is 0 Å². The third-order valence-electron chi connectivity index (χ3n) is 2.93. The summed E-state index contributed by atoms with van der Waals surface area (Å²) in [6.07, 6.45) is 0.575. The number of hydrogen-bond acceptors (Lipinski definition) is 6. The zero-order chi connectivity index (χ0) is 13.9. The fraction of sp³-hybridized carbons (Fsp3) is 0.143. The van der Waals surface area contributed by atoms with Crippen molar-refractivity contribution < 1.29 is 9.63 Å². The molecule has 0 amide bonds. The van der Waals surface area contributed by atoms with Crippen LogP contribution in [0.15, 0.2) is 45.6 Å². The molecule has 0 aliphatic carbocycles. The monoisotopic (exact) mass is 287 g/mol. The highest BCUT2D eigenvalue weighted by molar-refractivity contribution is 7.08. The smallest absolute Gasteiger partial charge is 0.244 e. The average molecular weight is 287 g/mol. The fourth-order valence-electron chi connectivity index (χ4n) is 1.87. The second-order valence-corrected chi connectivity index (χ2v) is 5.23. The summed E-state index contributed by atoms with van der Waals surface area (Å²) in [4.78, 5) is 4.32. The number of phenols is 1. The third-order valence-corrected chi connectivity index (χ3v) is 3.61. The van der Waals surface area contributed by atoms with Gasteiger partial charge in [-0.05, 0) is 35.6 Å².